The predicted molar refractivity (Wildman–Crippen MR) is 118 cm³/mol. The van der Waals surface area contributed by atoms with Gasteiger partial charge in [0.05, 0.1) is 23.7 Å². The van der Waals surface area contributed by atoms with Gasteiger partial charge < -0.3 is 24.1 Å². The van der Waals surface area contributed by atoms with Gasteiger partial charge in [-0.15, -0.1) is 0 Å². The molecule has 2 amide bonds. The van der Waals surface area contributed by atoms with Crippen molar-refractivity contribution in [2.75, 3.05) is 26.5 Å². The van der Waals surface area contributed by atoms with Crippen LogP contribution in [0.5, 0.6) is 5.75 Å². The van der Waals surface area contributed by atoms with E-state index in [-0.39, 0.29) is 11.8 Å². The van der Waals surface area contributed by atoms with Crippen molar-refractivity contribution >= 4 is 28.5 Å². The van der Waals surface area contributed by atoms with Crippen LogP contribution >= 0.6 is 0 Å². The number of fused-ring (bicyclic) bond motifs is 1. The zero-order valence-electron chi connectivity index (χ0n) is 18.4. The molecule has 0 aliphatic carbocycles. The van der Waals surface area contributed by atoms with Crippen LogP contribution in [0.1, 0.15) is 36.5 Å². The maximum atomic E-state index is 12.6. The van der Waals surface area contributed by atoms with Gasteiger partial charge >= 0.3 is 0 Å². The fourth-order valence-electron chi connectivity index (χ4n) is 3.51. The van der Waals surface area contributed by atoms with Crippen molar-refractivity contribution in [2.45, 2.75) is 26.2 Å². The van der Waals surface area contributed by atoms with E-state index in [1.165, 1.54) is 4.90 Å². The molecular weight excluding hydrogens is 382 g/mol. The molecule has 8 heteroatoms. The number of carbonyl (C=O) groups excluding carboxylic acids is 2. The van der Waals surface area contributed by atoms with Gasteiger partial charge in [-0.25, -0.2) is 4.98 Å². The lowest BCUT2D eigenvalue weighted by Crippen LogP contribution is -2.21. The third-order valence-electron chi connectivity index (χ3n) is 5.11. The minimum Gasteiger partial charge on any atom is -0.494 e. The van der Waals surface area contributed by atoms with E-state index >= 15 is 0 Å². The highest BCUT2D eigenvalue weighted by Gasteiger charge is 2.26. The summed E-state index contributed by atoms with van der Waals surface area (Å²) in [6, 6.07) is 5.67. The molecule has 2 aromatic heterocycles. The van der Waals surface area contributed by atoms with Crippen molar-refractivity contribution in [2.24, 2.45) is 14.1 Å². The third-order valence-corrected chi connectivity index (χ3v) is 5.11. The SMILES string of the molecule is CCCCC(=O)Nc1ccc2c(c1)nc(-c1c(OC)c(C(=O)N(C)C)cn1C)n2C. The van der Waals surface area contributed by atoms with E-state index in [0.29, 0.717) is 23.6 Å². The molecule has 0 aliphatic heterocycles. The van der Waals surface area contributed by atoms with E-state index in [1.54, 1.807) is 27.4 Å². The Kier molecular flexibility index (Phi) is 6.14. The highest BCUT2D eigenvalue weighted by Crippen LogP contribution is 2.36. The first kappa shape index (κ1) is 21.4. The van der Waals surface area contributed by atoms with Crippen LogP contribution in [0.15, 0.2) is 24.4 Å². The van der Waals surface area contributed by atoms with Crippen molar-refractivity contribution in [3.63, 3.8) is 0 Å². The summed E-state index contributed by atoms with van der Waals surface area (Å²) >= 11 is 0. The summed E-state index contributed by atoms with van der Waals surface area (Å²) in [5.74, 6) is 1.03. The van der Waals surface area contributed by atoms with Gasteiger partial charge in [0.2, 0.25) is 5.91 Å². The first-order valence-corrected chi connectivity index (χ1v) is 10.00. The fourth-order valence-corrected chi connectivity index (χ4v) is 3.51. The highest BCUT2D eigenvalue weighted by atomic mass is 16.5. The number of rotatable bonds is 7. The summed E-state index contributed by atoms with van der Waals surface area (Å²) in [4.78, 5) is 30.9. The lowest BCUT2D eigenvalue weighted by atomic mass is 10.2. The lowest BCUT2D eigenvalue weighted by Gasteiger charge is -2.11. The standard InChI is InChI=1S/C22H29N5O3/c1-7-8-9-18(28)23-14-10-11-17-16(12-14)24-21(27(17)5)19-20(30-6)15(13-26(19)4)22(29)25(2)3/h10-13H,7-9H2,1-6H3,(H,23,28). The van der Waals surface area contributed by atoms with Crippen molar-refractivity contribution in [1.29, 1.82) is 0 Å². The number of hydrogen-bond acceptors (Lipinski definition) is 4. The van der Waals surface area contributed by atoms with Gasteiger partial charge in [-0.1, -0.05) is 13.3 Å². The van der Waals surface area contributed by atoms with Crippen LogP contribution in [0.2, 0.25) is 0 Å². The monoisotopic (exact) mass is 411 g/mol. The maximum Gasteiger partial charge on any atom is 0.258 e. The highest BCUT2D eigenvalue weighted by molar-refractivity contribution is 5.99. The Morgan fingerprint density at radius 1 is 1.23 bits per heavy atom. The molecule has 8 nitrogen and oxygen atoms in total. The van der Waals surface area contributed by atoms with Gasteiger partial charge in [-0.05, 0) is 24.6 Å². The molecule has 0 unspecified atom stereocenters. The van der Waals surface area contributed by atoms with E-state index in [4.69, 9.17) is 9.72 Å². The van der Waals surface area contributed by atoms with Crippen molar-refractivity contribution < 1.29 is 14.3 Å². The zero-order chi connectivity index (χ0) is 22.0. The van der Waals surface area contributed by atoms with E-state index < -0.39 is 0 Å². The summed E-state index contributed by atoms with van der Waals surface area (Å²) in [6.07, 6.45) is 4.11. The smallest absolute Gasteiger partial charge is 0.258 e. The Morgan fingerprint density at radius 3 is 2.60 bits per heavy atom. The third kappa shape index (κ3) is 3.90. The summed E-state index contributed by atoms with van der Waals surface area (Å²) in [6.45, 7) is 2.06. The molecular formula is C22H29N5O3. The molecule has 0 fully saturated rings. The van der Waals surface area contributed by atoms with Gasteiger partial charge in [0, 0.05) is 46.5 Å². The summed E-state index contributed by atoms with van der Waals surface area (Å²) in [7, 11) is 8.75. The van der Waals surface area contributed by atoms with Crippen LogP contribution in [0.3, 0.4) is 0 Å². The molecule has 0 radical (unpaired) electrons. The molecule has 160 valence electrons. The number of nitrogens with zero attached hydrogens (tertiary/aromatic N) is 4. The topological polar surface area (TPSA) is 81.4 Å². The molecule has 3 aromatic rings. The molecule has 0 aliphatic rings. The number of anilines is 1. The van der Waals surface area contributed by atoms with Crippen LogP contribution < -0.4 is 10.1 Å². The molecule has 0 atom stereocenters. The van der Waals surface area contributed by atoms with E-state index in [9.17, 15) is 9.59 Å². The number of unbranched alkanes of at least 4 members (excludes halogenated alkanes) is 1. The molecule has 2 heterocycles. The number of hydrogen-bond donors (Lipinski definition) is 1. The number of nitrogens with one attached hydrogen (secondary N) is 1. The van der Waals surface area contributed by atoms with Crippen LogP contribution in [-0.4, -0.2) is 52.0 Å². The van der Waals surface area contributed by atoms with Gasteiger partial charge in [-0.3, -0.25) is 9.59 Å². The zero-order valence-corrected chi connectivity index (χ0v) is 18.4. The Hall–Kier alpha value is -3.29. The minimum absolute atomic E-state index is 0.00305. The van der Waals surface area contributed by atoms with E-state index in [1.807, 2.05) is 41.4 Å². The molecule has 0 saturated heterocycles. The van der Waals surface area contributed by atoms with E-state index in [0.717, 1.165) is 35.3 Å². The summed E-state index contributed by atoms with van der Waals surface area (Å²) < 4.78 is 9.42. The molecule has 30 heavy (non-hydrogen) atoms. The van der Waals surface area contributed by atoms with Gasteiger partial charge in [0.15, 0.2) is 11.6 Å². The average molecular weight is 412 g/mol. The number of methoxy groups -OCH3 is 1. The number of ether oxygens (including phenoxy) is 1. The summed E-state index contributed by atoms with van der Waals surface area (Å²) in [5.41, 5.74) is 3.59. The second kappa shape index (κ2) is 8.61. The number of aromatic nitrogens is 3. The molecule has 3 rings (SSSR count). The number of benzene rings is 1. The Morgan fingerprint density at radius 2 is 1.97 bits per heavy atom. The Bertz CT molecular complexity index is 1090. The number of carbonyl (C=O) groups is 2. The largest absolute Gasteiger partial charge is 0.494 e. The van der Waals surface area contributed by atoms with Crippen LogP contribution in [0, 0.1) is 0 Å². The predicted octanol–water partition coefficient (Wildman–Crippen LogP) is 3.42. The van der Waals surface area contributed by atoms with Gasteiger partial charge in [0.25, 0.3) is 5.91 Å². The fraction of sp³-hybridized carbons (Fsp3) is 0.409. The molecule has 1 aromatic carbocycles. The molecule has 0 bridgehead atoms. The molecule has 0 saturated carbocycles. The number of amides is 2. The average Bonchev–Trinajstić information content (AvgIpc) is 3.21. The quantitative estimate of drug-likeness (QED) is 0.646. The van der Waals surface area contributed by atoms with Crippen LogP contribution in [0.25, 0.3) is 22.6 Å². The first-order valence-electron chi connectivity index (χ1n) is 10.00. The van der Waals surface area contributed by atoms with Gasteiger partial charge in [-0.2, -0.15) is 0 Å². The van der Waals surface area contributed by atoms with Crippen LogP contribution in [-0.2, 0) is 18.9 Å². The van der Waals surface area contributed by atoms with Crippen molar-refractivity contribution in [1.82, 2.24) is 19.0 Å². The van der Waals surface area contributed by atoms with Crippen molar-refractivity contribution in [3.05, 3.63) is 30.0 Å². The molecule has 0 spiro atoms. The molecule has 1 N–H and O–H groups in total. The number of imidazole rings is 1. The van der Waals surface area contributed by atoms with E-state index in [2.05, 4.69) is 12.2 Å². The first-order chi connectivity index (χ1) is 14.3. The van der Waals surface area contributed by atoms with Crippen molar-refractivity contribution in [3.8, 4) is 17.3 Å². The minimum atomic E-state index is -0.135. The summed E-state index contributed by atoms with van der Waals surface area (Å²) in [5, 5.41) is 2.93. The second-order valence-electron chi connectivity index (χ2n) is 7.58. The van der Waals surface area contributed by atoms with Crippen LogP contribution in [0.4, 0.5) is 5.69 Å². The normalized spacial score (nSPS) is 11.0. The maximum absolute atomic E-state index is 12.6. The Labute approximate surface area is 176 Å². The Balaban J connectivity index is 2.04. The second-order valence-corrected chi connectivity index (χ2v) is 7.58. The number of aryl methyl sites for hydroxylation is 2. The lowest BCUT2D eigenvalue weighted by molar-refractivity contribution is -0.116. The van der Waals surface area contributed by atoms with Gasteiger partial charge in [0.1, 0.15) is 5.69 Å².